The molecule has 0 saturated heterocycles. The number of hydrogen-bond acceptors (Lipinski definition) is 16. The van der Waals surface area contributed by atoms with E-state index in [0.29, 0.717) is 70.5 Å². The zero-order valence-electron chi connectivity index (χ0n) is 45.5. The van der Waals surface area contributed by atoms with Gasteiger partial charge in [0.2, 0.25) is 0 Å². The highest BCUT2D eigenvalue weighted by molar-refractivity contribution is 8.00. The van der Waals surface area contributed by atoms with Crippen molar-refractivity contribution >= 4 is 158 Å². The van der Waals surface area contributed by atoms with E-state index in [4.69, 9.17) is 44.6 Å². The first-order valence-electron chi connectivity index (χ1n) is 26.2. The van der Waals surface area contributed by atoms with E-state index in [9.17, 15) is 28.8 Å². The standard InChI is InChI=1S/C12H13ClO2S.C11H13NOS.C10H10O2S.C10H10OS2.C10H10OS.C9H6Cl2OS/c1-7(2)15-10-4-3-8(13)11-9(14)5-6-16-12(10)11;1-12(2)8-3-4-9-10(13)5-6-14-11(9)7-8;11-6-7-1-2-8-9(12)3-4-13-10(8)5-7;11-9-3-4-13-10-5-7(6-12)1-2-8(9)10;1-7-2-3-10-8(6-7)9(11)4-5-12-10;10-5-3-6-8(12)1-2-13-9(6)7(11)4-5/h3-4,7H,5-6H2,1-2H3;3-4,7H,5-6H2,1-2H3;1-2,5,11H,3-4,6H2;1-2,5,12H,3-4,6H2;2-3,6H,4-5H2,1H3;3-4H,1-2H2. The van der Waals surface area contributed by atoms with Gasteiger partial charge in [0, 0.05) is 156 Å². The lowest BCUT2D eigenvalue weighted by Crippen LogP contribution is -2.13. The second-order valence-electron chi connectivity index (χ2n) is 19.4. The summed E-state index contributed by atoms with van der Waals surface area (Å²) < 4.78 is 5.68. The van der Waals surface area contributed by atoms with Crippen LogP contribution in [0.2, 0.25) is 15.1 Å². The number of aliphatic hydroxyl groups excluding tert-OH is 1. The largest absolute Gasteiger partial charge is 0.490 e. The quantitative estimate of drug-likeness (QED) is 0.158. The molecule has 6 aromatic carbocycles. The lowest BCUT2D eigenvalue weighted by atomic mass is 10.1. The number of anilines is 1. The maximum Gasteiger partial charge on any atom is 0.166 e. The van der Waals surface area contributed by atoms with Gasteiger partial charge in [-0.15, -0.1) is 70.6 Å². The molecule has 0 amide bonds. The van der Waals surface area contributed by atoms with Crippen LogP contribution in [0, 0.1) is 6.92 Å². The van der Waals surface area contributed by atoms with Crippen molar-refractivity contribution in [3.63, 3.8) is 0 Å². The monoisotopic (exact) mass is 1280 g/mol. The normalized spacial score (nSPS) is 15.5. The van der Waals surface area contributed by atoms with Crippen LogP contribution in [0.4, 0.5) is 5.69 Å². The van der Waals surface area contributed by atoms with Crippen LogP contribution in [0.1, 0.15) is 131 Å². The summed E-state index contributed by atoms with van der Waals surface area (Å²) in [5.41, 5.74) is 9.22. The Morgan fingerprint density at radius 3 is 1.54 bits per heavy atom. The molecular formula is C62H62Cl3NO8S7. The molecule has 9 nitrogen and oxygen atoms in total. The van der Waals surface area contributed by atoms with Gasteiger partial charge in [-0.05, 0) is 111 Å². The van der Waals surface area contributed by atoms with E-state index in [1.165, 1.54) is 11.1 Å². The van der Waals surface area contributed by atoms with E-state index in [2.05, 4.69) is 35.7 Å². The SMILES string of the molecule is CC(C)Oc1ccc(Cl)c2c1SCCC2=O.CN(C)c1ccc2c(c1)SCCC2=O.Cc1ccc2c(c1)C(=O)CCS2.O=C1CCSc2c(Cl)cc(Cl)cc21.O=C1CCSc2cc(CO)ccc21.O=C1CCSc2cc(CS)ccc21. The Bertz CT molecular complexity index is 3270. The molecule has 6 aliphatic rings. The molecule has 0 radical (unpaired) electrons. The van der Waals surface area contributed by atoms with Gasteiger partial charge in [0.15, 0.2) is 34.7 Å². The van der Waals surface area contributed by atoms with Gasteiger partial charge in [-0.25, -0.2) is 0 Å². The van der Waals surface area contributed by atoms with E-state index in [-0.39, 0.29) is 41.6 Å². The Kier molecular flexibility index (Phi) is 25.1. The van der Waals surface area contributed by atoms with Gasteiger partial charge >= 0.3 is 0 Å². The number of carbonyl (C=O) groups excluding carboxylic acids is 6. The Morgan fingerprint density at radius 2 is 0.988 bits per heavy atom. The Morgan fingerprint density at radius 1 is 0.506 bits per heavy atom. The highest BCUT2D eigenvalue weighted by atomic mass is 35.5. The number of fused-ring (bicyclic) bond motifs is 6. The van der Waals surface area contributed by atoms with Gasteiger partial charge in [0.05, 0.1) is 33.2 Å². The van der Waals surface area contributed by atoms with Crippen molar-refractivity contribution < 1.29 is 38.6 Å². The molecule has 81 heavy (non-hydrogen) atoms. The predicted molar refractivity (Wildman–Crippen MR) is 345 cm³/mol. The molecule has 19 heteroatoms. The predicted octanol–water partition coefficient (Wildman–Crippen LogP) is 17.2. The van der Waals surface area contributed by atoms with E-state index in [1.807, 2.05) is 95.5 Å². The van der Waals surface area contributed by atoms with Crippen LogP contribution in [-0.4, -0.2) is 94.5 Å². The third kappa shape index (κ3) is 17.9. The zero-order valence-corrected chi connectivity index (χ0v) is 53.6. The Balaban J connectivity index is 0.000000140. The molecule has 0 aliphatic carbocycles. The van der Waals surface area contributed by atoms with Gasteiger partial charge < -0.3 is 14.7 Å². The van der Waals surface area contributed by atoms with Crippen molar-refractivity contribution in [1.29, 1.82) is 0 Å². The van der Waals surface area contributed by atoms with Crippen LogP contribution in [0.25, 0.3) is 0 Å². The van der Waals surface area contributed by atoms with Gasteiger partial charge in [-0.2, -0.15) is 12.6 Å². The fourth-order valence-corrected chi connectivity index (χ4v) is 16.2. The molecule has 426 valence electrons. The highest BCUT2D eigenvalue weighted by Crippen LogP contribution is 2.42. The summed E-state index contributed by atoms with van der Waals surface area (Å²) in [5.74, 6) is 8.10. The number of Topliss-reactive ketones (excluding diaryl/α,β-unsaturated/α-hetero) is 6. The van der Waals surface area contributed by atoms with E-state index >= 15 is 0 Å². The minimum atomic E-state index is 0.0437. The van der Waals surface area contributed by atoms with E-state index in [1.54, 1.807) is 88.8 Å². The van der Waals surface area contributed by atoms with Crippen molar-refractivity contribution in [1.82, 2.24) is 0 Å². The number of aliphatic hydroxyl groups is 1. The number of benzene rings is 6. The number of halogens is 3. The molecule has 1 N–H and O–H groups in total. The van der Waals surface area contributed by atoms with Crippen LogP contribution in [-0.2, 0) is 12.4 Å². The van der Waals surface area contributed by atoms with Crippen molar-refractivity contribution in [2.45, 2.75) is 107 Å². The average molecular weight is 1280 g/mol. The molecular weight excluding hydrogens is 1220 g/mol. The number of nitrogens with zero attached hydrogens (tertiary/aromatic N) is 1. The maximum atomic E-state index is 11.8. The maximum absolute atomic E-state index is 11.8. The van der Waals surface area contributed by atoms with E-state index in [0.717, 1.165) is 109 Å². The second-order valence-corrected chi connectivity index (χ2v) is 27.7. The fourth-order valence-electron chi connectivity index (χ4n) is 8.66. The number of rotatable bonds is 5. The first kappa shape index (κ1) is 64.8. The summed E-state index contributed by atoms with van der Waals surface area (Å²) in [6.45, 7) is 6.00. The Labute approximate surface area is 521 Å². The minimum Gasteiger partial charge on any atom is -0.490 e. The molecule has 0 bridgehead atoms. The van der Waals surface area contributed by atoms with Crippen molar-refractivity contribution in [2.24, 2.45) is 0 Å². The number of thioether (sulfide) groups is 6. The van der Waals surface area contributed by atoms with Crippen LogP contribution >= 0.6 is 118 Å². The number of thiol groups is 1. The minimum absolute atomic E-state index is 0.0437. The zero-order chi connectivity index (χ0) is 58.3. The number of aryl methyl sites for hydroxylation is 1. The first-order valence-corrected chi connectivity index (χ1v) is 33.9. The van der Waals surface area contributed by atoms with Crippen LogP contribution in [0.3, 0.4) is 0 Å². The second kappa shape index (κ2) is 31.4. The summed E-state index contributed by atoms with van der Waals surface area (Å²) in [5, 5.41) is 10.6. The molecule has 6 aromatic rings. The summed E-state index contributed by atoms with van der Waals surface area (Å²) in [6.07, 6.45) is 3.92. The van der Waals surface area contributed by atoms with Crippen LogP contribution in [0.15, 0.2) is 126 Å². The molecule has 6 aliphatic heterocycles. The van der Waals surface area contributed by atoms with Crippen LogP contribution in [0.5, 0.6) is 5.75 Å². The summed E-state index contributed by atoms with van der Waals surface area (Å²) in [4.78, 5) is 77.3. The van der Waals surface area contributed by atoms with Gasteiger partial charge in [-0.1, -0.05) is 58.6 Å². The van der Waals surface area contributed by atoms with Crippen molar-refractivity contribution in [3.05, 3.63) is 162 Å². The summed E-state index contributed by atoms with van der Waals surface area (Å²) >= 11 is 32.3. The Hall–Kier alpha value is -3.78. The van der Waals surface area contributed by atoms with Gasteiger partial charge in [0.25, 0.3) is 0 Å². The lowest BCUT2D eigenvalue weighted by Gasteiger charge is -2.20. The number of ether oxygens (including phenoxy) is 1. The van der Waals surface area contributed by atoms with Gasteiger partial charge in [0.1, 0.15) is 5.75 Å². The molecule has 0 fully saturated rings. The van der Waals surface area contributed by atoms with E-state index < -0.39 is 0 Å². The number of hydrogen-bond donors (Lipinski definition) is 2. The average Bonchev–Trinajstić information content (AvgIpc) is 3.47. The molecule has 6 heterocycles. The molecule has 0 aromatic heterocycles. The molecule has 0 spiro atoms. The first-order chi connectivity index (χ1) is 38.8. The summed E-state index contributed by atoms with van der Waals surface area (Å²) in [6, 6.07) is 30.6. The highest BCUT2D eigenvalue weighted by Gasteiger charge is 2.26. The number of ketones is 6. The fraction of sp³-hybridized carbons (Fsp3) is 0.323. The van der Waals surface area contributed by atoms with Crippen molar-refractivity contribution in [3.8, 4) is 5.75 Å². The summed E-state index contributed by atoms with van der Waals surface area (Å²) in [7, 11) is 4.02. The molecule has 0 saturated carbocycles. The smallest absolute Gasteiger partial charge is 0.166 e. The topological polar surface area (TPSA) is 135 Å². The van der Waals surface area contributed by atoms with Crippen LogP contribution < -0.4 is 9.64 Å². The third-order valence-corrected chi connectivity index (χ3v) is 20.6. The molecule has 0 atom stereocenters. The molecule has 0 unspecified atom stereocenters. The number of carbonyl (C=O) groups is 6. The molecule has 12 rings (SSSR count). The third-order valence-electron chi connectivity index (χ3n) is 12.8. The lowest BCUT2D eigenvalue weighted by molar-refractivity contribution is 0.0976. The van der Waals surface area contributed by atoms with Crippen molar-refractivity contribution in [2.75, 3.05) is 53.5 Å². The van der Waals surface area contributed by atoms with Gasteiger partial charge in [-0.3, -0.25) is 28.8 Å².